The minimum Gasteiger partial charge on any atom is -0.253 e. The molecule has 0 saturated heterocycles. The van der Waals surface area contributed by atoms with E-state index < -0.39 is 0 Å². The van der Waals surface area contributed by atoms with Crippen LogP contribution >= 0.6 is 11.6 Å². The quantitative estimate of drug-likeness (QED) is 0.558. The van der Waals surface area contributed by atoms with Gasteiger partial charge in [0.1, 0.15) is 0 Å². The first kappa shape index (κ1) is 14.7. The van der Waals surface area contributed by atoms with Gasteiger partial charge in [-0.2, -0.15) is 0 Å². The molecule has 1 heterocycles. The number of nitrogens with zero attached hydrogens (tertiary/aromatic N) is 1. The summed E-state index contributed by atoms with van der Waals surface area (Å²) in [5.41, 5.74) is 6.39. The first-order valence-electron chi connectivity index (χ1n) is 8.42. The van der Waals surface area contributed by atoms with Gasteiger partial charge in [-0.15, -0.1) is 0 Å². The van der Waals surface area contributed by atoms with Crippen LogP contribution in [0.25, 0.3) is 22.0 Å². The molecule has 2 aromatic carbocycles. The van der Waals surface area contributed by atoms with Gasteiger partial charge in [0.25, 0.3) is 0 Å². The van der Waals surface area contributed by atoms with Gasteiger partial charge in [-0.3, -0.25) is 4.98 Å². The SMILES string of the molecule is CCC1CCc2nc3ccc(Cl)cc3c(-c3ccccc3)c2C1. The van der Waals surface area contributed by atoms with Gasteiger partial charge in [-0.1, -0.05) is 55.3 Å². The van der Waals surface area contributed by atoms with Gasteiger partial charge >= 0.3 is 0 Å². The van der Waals surface area contributed by atoms with Gasteiger partial charge in [0, 0.05) is 16.1 Å². The van der Waals surface area contributed by atoms with Crippen LogP contribution in [-0.4, -0.2) is 4.98 Å². The second kappa shape index (κ2) is 5.98. The Labute approximate surface area is 142 Å². The summed E-state index contributed by atoms with van der Waals surface area (Å²) in [5.74, 6) is 0.767. The first-order valence-corrected chi connectivity index (χ1v) is 8.80. The lowest BCUT2D eigenvalue weighted by Gasteiger charge is -2.26. The zero-order chi connectivity index (χ0) is 15.8. The van der Waals surface area contributed by atoms with Gasteiger partial charge in [0.2, 0.25) is 0 Å². The maximum Gasteiger partial charge on any atom is 0.0712 e. The number of aryl methyl sites for hydroxylation is 1. The maximum atomic E-state index is 6.29. The van der Waals surface area contributed by atoms with E-state index in [0.29, 0.717) is 0 Å². The molecule has 0 radical (unpaired) electrons. The van der Waals surface area contributed by atoms with Crippen molar-refractivity contribution in [2.45, 2.75) is 32.6 Å². The van der Waals surface area contributed by atoms with Crippen LogP contribution in [0.2, 0.25) is 5.02 Å². The molecule has 3 aromatic rings. The summed E-state index contributed by atoms with van der Waals surface area (Å²) in [4.78, 5) is 4.95. The predicted molar refractivity (Wildman–Crippen MR) is 98.0 cm³/mol. The fourth-order valence-electron chi connectivity index (χ4n) is 3.77. The molecule has 1 unspecified atom stereocenters. The highest BCUT2D eigenvalue weighted by molar-refractivity contribution is 6.31. The molecule has 23 heavy (non-hydrogen) atoms. The lowest BCUT2D eigenvalue weighted by molar-refractivity contribution is 0.441. The lowest BCUT2D eigenvalue weighted by atomic mass is 9.80. The number of hydrogen-bond donors (Lipinski definition) is 0. The van der Waals surface area contributed by atoms with Crippen LogP contribution in [0.5, 0.6) is 0 Å². The fourth-order valence-corrected chi connectivity index (χ4v) is 3.94. The summed E-state index contributed by atoms with van der Waals surface area (Å²) in [6.07, 6.45) is 4.71. The van der Waals surface area contributed by atoms with E-state index in [9.17, 15) is 0 Å². The van der Waals surface area contributed by atoms with E-state index in [0.717, 1.165) is 29.3 Å². The van der Waals surface area contributed by atoms with Crippen molar-refractivity contribution in [3.8, 4) is 11.1 Å². The number of hydrogen-bond acceptors (Lipinski definition) is 1. The van der Waals surface area contributed by atoms with Crippen molar-refractivity contribution in [2.75, 3.05) is 0 Å². The van der Waals surface area contributed by atoms with Gasteiger partial charge < -0.3 is 0 Å². The Morgan fingerprint density at radius 1 is 1.13 bits per heavy atom. The normalized spacial score (nSPS) is 17.2. The van der Waals surface area contributed by atoms with E-state index in [2.05, 4.69) is 49.4 Å². The van der Waals surface area contributed by atoms with Crippen LogP contribution in [0, 0.1) is 5.92 Å². The zero-order valence-corrected chi connectivity index (χ0v) is 14.1. The highest BCUT2D eigenvalue weighted by Gasteiger charge is 2.23. The van der Waals surface area contributed by atoms with E-state index in [1.807, 2.05) is 6.07 Å². The molecule has 0 bridgehead atoms. The summed E-state index contributed by atoms with van der Waals surface area (Å²) in [7, 11) is 0. The van der Waals surface area contributed by atoms with Gasteiger partial charge in [0.15, 0.2) is 0 Å². The van der Waals surface area contributed by atoms with E-state index in [4.69, 9.17) is 16.6 Å². The van der Waals surface area contributed by atoms with Crippen molar-refractivity contribution in [3.05, 3.63) is 64.8 Å². The van der Waals surface area contributed by atoms with Crippen molar-refractivity contribution in [1.82, 2.24) is 4.98 Å². The summed E-state index contributed by atoms with van der Waals surface area (Å²) >= 11 is 6.29. The van der Waals surface area contributed by atoms with Crippen LogP contribution in [-0.2, 0) is 12.8 Å². The smallest absolute Gasteiger partial charge is 0.0712 e. The minimum atomic E-state index is 0.767. The van der Waals surface area contributed by atoms with Crippen molar-refractivity contribution in [3.63, 3.8) is 0 Å². The molecule has 0 spiro atoms. The minimum absolute atomic E-state index is 0.767. The van der Waals surface area contributed by atoms with Gasteiger partial charge in [0.05, 0.1) is 5.52 Å². The Kier molecular flexibility index (Phi) is 3.82. The van der Waals surface area contributed by atoms with E-state index >= 15 is 0 Å². The molecule has 1 nitrogen and oxygen atoms in total. The fraction of sp³-hybridized carbons (Fsp3) is 0.286. The highest BCUT2D eigenvalue weighted by Crippen LogP contribution is 2.39. The summed E-state index contributed by atoms with van der Waals surface area (Å²) < 4.78 is 0. The molecule has 0 saturated carbocycles. The molecule has 0 aliphatic heterocycles. The Morgan fingerprint density at radius 3 is 2.74 bits per heavy atom. The third kappa shape index (κ3) is 2.64. The van der Waals surface area contributed by atoms with Crippen LogP contribution in [0.3, 0.4) is 0 Å². The Hall–Kier alpha value is -1.86. The second-order valence-corrected chi connectivity index (χ2v) is 6.89. The van der Waals surface area contributed by atoms with Crippen molar-refractivity contribution < 1.29 is 0 Å². The van der Waals surface area contributed by atoms with Crippen molar-refractivity contribution in [1.29, 1.82) is 0 Å². The zero-order valence-electron chi connectivity index (χ0n) is 13.3. The predicted octanol–water partition coefficient (Wildman–Crippen LogP) is 6.07. The Morgan fingerprint density at radius 2 is 1.96 bits per heavy atom. The number of fused-ring (bicyclic) bond motifs is 2. The lowest BCUT2D eigenvalue weighted by Crippen LogP contribution is -2.16. The van der Waals surface area contributed by atoms with Crippen molar-refractivity contribution >= 4 is 22.5 Å². The van der Waals surface area contributed by atoms with E-state index in [1.54, 1.807) is 0 Å². The number of rotatable bonds is 2. The average Bonchev–Trinajstić information content (AvgIpc) is 2.60. The molecule has 0 fully saturated rings. The Bertz CT molecular complexity index is 855. The molecule has 0 amide bonds. The molecule has 1 aliphatic carbocycles. The van der Waals surface area contributed by atoms with Crippen LogP contribution in [0.4, 0.5) is 0 Å². The van der Waals surface area contributed by atoms with Crippen LogP contribution in [0.1, 0.15) is 31.0 Å². The summed E-state index contributed by atoms with van der Waals surface area (Å²) in [6.45, 7) is 2.29. The molecular weight excluding hydrogens is 302 g/mol. The van der Waals surface area contributed by atoms with Crippen LogP contribution in [0.15, 0.2) is 48.5 Å². The molecule has 1 atom stereocenters. The second-order valence-electron chi connectivity index (χ2n) is 6.46. The molecule has 0 N–H and O–H groups in total. The average molecular weight is 322 g/mol. The standard InChI is InChI=1S/C21H20ClN/c1-2-14-8-10-19-17(12-14)21(15-6-4-3-5-7-15)18-13-16(22)9-11-20(18)23-19/h3-7,9,11,13-14H,2,8,10,12H2,1H3. The number of aromatic nitrogens is 1. The largest absolute Gasteiger partial charge is 0.253 e. The Balaban J connectivity index is 2.04. The topological polar surface area (TPSA) is 12.9 Å². The summed E-state index contributed by atoms with van der Waals surface area (Å²) in [5, 5.41) is 1.96. The van der Waals surface area contributed by atoms with Crippen LogP contribution < -0.4 is 0 Å². The highest BCUT2D eigenvalue weighted by atomic mass is 35.5. The first-order chi connectivity index (χ1) is 11.3. The summed E-state index contributed by atoms with van der Waals surface area (Å²) in [6, 6.07) is 16.8. The third-order valence-corrected chi connectivity index (χ3v) is 5.29. The monoisotopic (exact) mass is 321 g/mol. The molecule has 1 aromatic heterocycles. The third-order valence-electron chi connectivity index (χ3n) is 5.06. The number of halogens is 1. The van der Waals surface area contributed by atoms with Crippen molar-refractivity contribution in [2.24, 2.45) is 5.92 Å². The van der Waals surface area contributed by atoms with E-state index in [-0.39, 0.29) is 0 Å². The molecular formula is C21H20ClN. The van der Waals surface area contributed by atoms with Gasteiger partial charge in [-0.25, -0.2) is 0 Å². The van der Waals surface area contributed by atoms with Gasteiger partial charge in [-0.05, 0) is 60.1 Å². The molecule has 4 rings (SSSR count). The molecule has 1 aliphatic rings. The number of pyridine rings is 1. The maximum absolute atomic E-state index is 6.29. The molecule has 116 valence electrons. The number of benzene rings is 2. The van der Waals surface area contributed by atoms with E-state index in [1.165, 1.54) is 40.6 Å². The molecule has 2 heteroatoms.